The quantitative estimate of drug-likeness (QED) is 0.512. The van der Waals surface area contributed by atoms with Gasteiger partial charge in [-0.2, -0.15) is 0 Å². The smallest absolute Gasteiger partial charge is 0.243 e. The topological polar surface area (TPSA) is 58.6 Å². The molecule has 0 heterocycles. The summed E-state index contributed by atoms with van der Waals surface area (Å²) in [5, 5.41) is 3.05. The van der Waals surface area contributed by atoms with E-state index in [4.69, 9.17) is 4.74 Å². The fourth-order valence-corrected chi connectivity index (χ4v) is 3.66. The summed E-state index contributed by atoms with van der Waals surface area (Å²) in [5.74, 6) is 0.631. The number of carbonyl (C=O) groups is 2. The predicted octanol–water partition coefficient (Wildman–Crippen LogP) is 4.91. The molecule has 0 saturated heterocycles. The third-order valence-corrected chi connectivity index (χ3v) is 5.93. The van der Waals surface area contributed by atoms with Crippen molar-refractivity contribution in [2.45, 2.75) is 78.4 Å². The first kappa shape index (κ1) is 25.4. The van der Waals surface area contributed by atoms with Crippen molar-refractivity contribution >= 4 is 11.8 Å². The summed E-state index contributed by atoms with van der Waals surface area (Å²) < 4.78 is 5.34. The second-order valence-electron chi connectivity index (χ2n) is 8.29. The number of methoxy groups -OCH3 is 1. The van der Waals surface area contributed by atoms with Crippen LogP contribution >= 0.6 is 0 Å². The molecule has 2 aromatic rings. The predicted molar refractivity (Wildman–Crippen MR) is 130 cm³/mol. The zero-order chi connectivity index (χ0) is 23.5. The highest BCUT2D eigenvalue weighted by atomic mass is 16.5. The minimum Gasteiger partial charge on any atom is -0.497 e. The van der Waals surface area contributed by atoms with E-state index >= 15 is 0 Å². The SMILES string of the molecule is CCc1ccc(CCC(=O)N(Cc2cccc(OC)c2)C(CC)C(=O)NC(C)CC)cc1. The number of hydrogen-bond acceptors (Lipinski definition) is 3. The molecule has 174 valence electrons. The van der Waals surface area contributed by atoms with Gasteiger partial charge in [0.05, 0.1) is 7.11 Å². The Morgan fingerprint density at radius 3 is 2.25 bits per heavy atom. The molecule has 0 aliphatic heterocycles. The summed E-state index contributed by atoms with van der Waals surface area (Å²) in [6.45, 7) is 8.48. The van der Waals surface area contributed by atoms with Crippen LogP contribution in [0.3, 0.4) is 0 Å². The second-order valence-corrected chi connectivity index (χ2v) is 8.29. The minimum absolute atomic E-state index is 0.0152. The van der Waals surface area contributed by atoms with Crippen LogP contribution in [0.15, 0.2) is 48.5 Å². The molecule has 2 amide bonds. The maximum atomic E-state index is 13.4. The Bertz CT molecular complexity index is 863. The van der Waals surface area contributed by atoms with Crippen LogP contribution in [0.2, 0.25) is 0 Å². The Kier molecular flexibility index (Phi) is 10.3. The van der Waals surface area contributed by atoms with Crippen LogP contribution in [0.25, 0.3) is 0 Å². The zero-order valence-electron chi connectivity index (χ0n) is 20.2. The summed E-state index contributed by atoms with van der Waals surface area (Å²) in [5.41, 5.74) is 3.36. The largest absolute Gasteiger partial charge is 0.497 e. The lowest BCUT2D eigenvalue weighted by Crippen LogP contribution is -2.50. The van der Waals surface area contributed by atoms with E-state index in [1.54, 1.807) is 12.0 Å². The van der Waals surface area contributed by atoms with E-state index in [0.29, 0.717) is 25.8 Å². The second kappa shape index (κ2) is 12.9. The summed E-state index contributed by atoms with van der Waals surface area (Å²) >= 11 is 0. The molecule has 5 nitrogen and oxygen atoms in total. The molecule has 0 spiro atoms. The molecule has 0 aliphatic rings. The molecule has 2 atom stereocenters. The third kappa shape index (κ3) is 7.40. The highest BCUT2D eigenvalue weighted by Gasteiger charge is 2.29. The standard InChI is InChI=1S/C27H38N2O3/c1-6-20(4)28-27(31)25(8-3)29(19-23-10-9-11-24(18-23)32-5)26(30)17-16-22-14-12-21(7-2)13-15-22/h9-15,18,20,25H,6-8,16-17,19H2,1-5H3,(H,28,31). The number of amides is 2. The molecular weight excluding hydrogens is 400 g/mol. The fraction of sp³-hybridized carbons (Fsp3) is 0.481. The Morgan fingerprint density at radius 1 is 0.969 bits per heavy atom. The Balaban J connectivity index is 2.21. The first-order valence-corrected chi connectivity index (χ1v) is 11.7. The molecule has 32 heavy (non-hydrogen) atoms. The molecule has 1 N–H and O–H groups in total. The van der Waals surface area contributed by atoms with Crippen LogP contribution in [0.5, 0.6) is 5.75 Å². The zero-order valence-corrected chi connectivity index (χ0v) is 20.2. The van der Waals surface area contributed by atoms with Gasteiger partial charge < -0.3 is 15.0 Å². The van der Waals surface area contributed by atoms with Crippen LogP contribution in [0.1, 0.15) is 63.6 Å². The van der Waals surface area contributed by atoms with Crippen LogP contribution in [-0.4, -0.2) is 35.9 Å². The molecule has 5 heteroatoms. The van der Waals surface area contributed by atoms with Gasteiger partial charge in [-0.15, -0.1) is 0 Å². The van der Waals surface area contributed by atoms with Crippen molar-refractivity contribution in [2.24, 2.45) is 0 Å². The Morgan fingerprint density at radius 2 is 1.66 bits per heavy atom. The summed E-state index contributed by atoms with van der Waals surface area (Å²) in [6, 6.07) is 15.6. The van der Waals surface area contributed by atoms with Crippen molar-refractivity contribution in [2.75, 3.05) is 7.11 Å². The van der Waals surface area contributed by atoms with E-state index in [1.807, 2.05) is 45.0 Å². The average Bonchev–Trinajstić information content (AvgIpc) is 2.82. The lowest BCUT2D eigenvalue weighted by molar-refractivity contribution is -0.141. The molecule has 2 aromatic carbocycles. The van der Waals surface area contributed by atoms with E-state index in [1.165, 1.54) is 5.56 Å². The van der Waals surface area contributed by atoms with Gasteiger partial charge in [-0.05, 0) is 61.4 Å². The van der Waals surface area contributed by atoms with E-state index in [9.17, 15) is 9.59 Å². The lowest BCUT2D eigenvalue weighted by Gasteiger charge is -2.31. The minimum atomic E-state index is -0.509. The summed E-state index contributed by atoms with van der Waals surface area (Å²) in [7, 11) is 1.63. The van der Waals surface area contributed by atoms with Gasteiger partial charge in [0, 0.05) is 19.0 Å². The molecule has 2 rings (SSSR count). The maximum Gasteiger partial charge on any atom is 0.243 e. The van der Waals surface area contributed by atoms with Crippen molar-refractivity contribution in [1.82, 2.24) is 10.2 Å². The third-order valence-electron chi connectivity index (χ3n) is 5.93. The Labute approximate surface area is 193 Å². The van der Waals surface area contributed by atoms with Crippen molar-refractivity contribution in [3.63, 3.8) is 0 Å². The number of nitrogens with one attached hydrogen (secondary N) is 1. The van der Waals surface area contributed by atoms with Gasteiger partial charge in [-0.1, -0.05) is 57.2 Å². The monoisotopic (exact) mass is 438 g/mol. The van der Waals surface area contributed by atoms with E-state index in [-0.39, 0.29) is 17.9 Å². The van der Waals surface area contributed by atoms with Gasteiger partial charge in [-0.25, -0.2) is 0 Å². The normalized spacial score (nSPS) is 12.7. The molecule has 0 aliphatic carbocycles. The van der Waals surface area contributed by atoms with Gasteiger partial charge in [-0.3, -0.25) is 9.59 Å². The van der Waals surface area contributed by atoms with Gasteiger partial charge in [0.1, 0.15) is 11.8 Å². The van der Waals surface area contributed by atoms with E-state index in [2.05, 4.69) is 36.5 Å². The molecule has 0 fully saturated rings. The van der Waals surface area contributed by atoms with Crippen molar-refractivity contribution in [3.8, 4) is 5.75 Å². The van der Waals surface area contributed by atoms with Crippen LogP contribution < -0.4 is 10.1 Å². The number of benzene rings is 2. The lowest BCUT2D eigenvalue weighted by atomic mass is 10.0. The van der Waals surface area contributed by atoms with Gasteiger partial charge in [0.25, 0.3) is 0 Å². The molecular formula is C27H38N2O3. The first-order chi connectivity index (χ1) is 15.4. The number of nitrogens with zero attached hydrogens (tertiary/aromatic N) is 1. The highest BCUT2D eigenvalue weighted by Crippen LogP contribution is 2.19. The highest BCUT2D eigenvalue weighted by molar-refractivity contribution is 5.88. The van der Waals surface area contributed by atoms with Crippen molar-refractivity contribution < 1.29 is 14.3 Å². The van der Waals surface area contributed by atoms with Gasteiger partial charge in [0.15, 0.2) is 0 Å². The average molecular weight is 439 g/mol. The molecule has 2 unspecified atom stereocenters. The Hall–Kier alpha value is -2.82. The van der Waals surface area contributed by atoms with Gasteiger partial charge in [0.2, 0.25) is 11.8 Å². The fourth-order valence-electron chi connectivity index (χ4n) is 3.66. The number of rotatable bonds is 12. The number of carbonyl (C=O) groups excluding carboxylic acids is 2. The van der Waals surface area contributed by atoms with Crippen molar-refractivity contribution in [1.29, 1.82) is 0 Å². The number of aryl methyl sites for hydroxylation is 2. The maximum absolute atomic E-state index is 13.4. The van der Waals surface area contributed by atoms with Crippen molar-refractivity contribution in [3.05, 3.63) is 65.2 Å². The van der Waals surface area contributed by atoms with E-state index < -0.39 is 6.04 Å². The molecule has 0 radical (unpaired) electrons. The summed E-state index contributed by atoms with van der Waals surface area (Å²) in [6.07, 6.45) is 3.42. The number of hydrogen-bond donors (Lipinski definition) is 1. The van der Waals surface area contributed by atoms with E-state index in [0.717, 1.165) is 29.7 Å². The van der Waals surface area contributed by atoms with Crippen LogP contribution in [0.4, 0.5) is 0 Å². The first-order valence-electron chi connectivity index (χ1n) is 11.7. The van der Waals surface area contributed by atoms with Gasteiger partial charge >= 0.3 is 0 Å². The van der Waals surface area contributed by atoms with Crippen LogP contribution in [-0.2, 0) is 29.0 Å². The molecule has 0 bridgehead atoms. The molecule has 0 saturated carbocycles. The number of ether oxygens (including phenoxy) is 1. The molecule has 0 aromatic heterocycles. The summed E-state index contributed by atoms with van der Waals surface area (Å²) in [4.78, 5) is 28.1. The van der Waals surface area contributed by atoms with Crippen LogP contribution in [0, 0.1) is 0 Å².